The van der Waals surface area contributed by atoms with Crippen LogP contribution in [-0.4, -0.2) is 16.2 Å². The van der Waals surface area contributed by atoms with Crippen LogP contribution in [0.3, 0.4) is 0 Å². The molecule has 3 nitrogen and oxygen atoms in total. The Labute approximate surface area is 94.8 Å². The van der Waals surface area contributed by atoms with Crippen LogP contribution in [0.5, 0.6) is 0 Å². The molecular weight excluding hydrogens is 202 g/mol. The summed E-state index contributed by atoms with van der Waals surface area (Å²) in [7, 11) is 0. The van der Waals surface area contributed by atoms with Gasteiger partial charge in [0.05, 0.1) is 6.10 Å². The summed E-state index contributed by atoms with van der Waals surface area (Å²) in [5, 5.41) is 9.26. The van der Waals surface area contributed by atoms with Crippen LogP contribution < -0.4 is 0 Å². The SMILES string of the molecule is Cc1cncc(-c2ccc(CC(C)O)o2)c1. The quantitative estimate of drug-likeness (QED) is 0.859. The number of aliphatic hydroxyl groups is 1. The van der Waals surface area contributed by atoms with Gasteiger partial charge in [-0.25, -0.2) is 0 Å². The van der Waals surface area contributed by atoms with E-state index in [2.05, 4.69) is 4.98 Å². The van der Waals surface area contributed by atoms with Crippen molar-refractivity contribution in [1.29, 1.82) is 0 Å². The van der Waals surface area contributed by atoms with Gasteiger partial charge in [0.1, 0.15) is 11.5 Å². The molecule has 1 atom stereocenters. The van der Waals surface area contributed by atoms with Gasteiger partial charge in [0.25, 0.3) is 0 Å². The van der Waals surface area contributed by atoms with Crippen molar-refractivity contribution in [3.8, 4) is 11.3 Å². The maximum atomic E-state index is 9.26. The van der Waals surface area contributed by atoms with Crippen molar-refractivity contribution in [3.63, 3.8) is 0 Å². The van der Waals surface area contributed by atoms with Gasteiger partial charge in [0, 0.05) is 24.4 Å². The Morgan fingerprint density at radius 1 is 1.38 bits per heavy atom. The number of aryl methyl sites for hydroxylation is 1. The number of aliphatic hydroxyl groups excluding tert-OH is 1. The van der Waals surface area contributed by atoms with Crippen LogP contribution >= 0.6 is 0 Å². The minimum absolute atomic E-state index is 0.380. The summed E-state index contributed by atoms with van der Waals surface area (Å²) in [4.78, 5) is 4.12. The van der Waals surface area contributed by atoms with Gasteiger partial charge in [-0.15, -0.1) is 0 Å². The molecule has 0 fully saturated rings. The van der Waals surface area contributed by atoms with Gasteiger partial charge in [-0.2, -0.15) is 0 Å². The molecule has 0 aromatic carbocycles. The molecule has 16 heavy (non-hydrogen) atoms. The molecule has 2 rings (SSSR count). The molecule has 0 aliphatic rings. The number of hydrogen-bond acceptors (Lipinski definition) is 3. The second-order valence-corrected chi connectivity index (χ2v) is 4.07. The van der Waals surface area contributed by atoms with Crippen LogP contribution in [0.1, 0.15) is 18.2 Å². The average Bonchev–Trinajstić information content (AvgIpc) is 2.65. The maximum absolute atomic E-state index is 9.26. The lowest BCUT2D eigenvalue weighted by molar-refractivity contribution is 0.187. The van der Waals surface area contributed by atoms with Crippen LogP contribution in [0, 0.1) is 6.92 Å². The minimum atomic E-state index is -0.380. The molecular formula is C13H15NO2. The van der Waals surface area contributed by atoms with Crippen LogP contribution in [0.15, 0.2) is 35.0 Å². The highest BCUT2D eigenvalue weighted by Gasteiger charge is 2.07. The predicted molar refractivity (Wildman–Crippen MR) is 62.1 cm³/mol. The summed E-state index contributed by atoms with van der Waals surface area (Å²) in [6.45, 7) is 3.74. The fraction of sp³-hybridized carbons (Fsp3) is 0.308. The van der Waals surface area contributed by atoms with Crippen molar-refractivity contribution < 1.29 is 9.52 Å². The Bertz CT molecular complexity index is 474. The van der Waals surface area contributed by atoms with Gasteiger partial charge in [-0.1, -0.05) is 0 Å². The summed E-state index contributed by atoms with van der Waals surface area (Å²) < 4.78 is 5.64. The minimum Gasteiger partial charge on any atom is -0.461 e. The van der Waals surface area contributed by atoms with E-state index in [4.69, 9.17) is 4.42 Å². The molecule has 0 saturated heterocycles. The topological polar surface area (TPSA) is 46.3 Å². The first-order chi connectivity index (χ1) is 7.65. The second kappa shape index (κ2) is 4.49. The van der Waals surface area contributed by atoms with Crippen molar-refractivity contribution in [1.82, 2.24) is 4.98 Å². The third kappa shape index (κ3) is 2.49. The fourth-order valence-corrected chi connectivity index (χ4v) is 1.62. The second-order valence-electron chi connectivity index (χ2n) is 4.07. The van der Waals surface area contributed by atoms with Gasteiger partial charge < -0.3 is 9.52 Å². The van der Waals surface area contributed by atoms with Crippen LogP contribution in [0.25, 0.3) is 11.3 Å². The maximum Gasteiger partial charge on any atom is 0.135 e. The summed E-state index contributed by atoms with van der Waals surface area (Å²) in [6, 6.07) is 5.83. The smallest absolute Gasteiger partial charge is 0.135 e. The van der Waals surface area contributed by atoms with Crippen LogP contribution in [-0.2, 0) is 6.42 Å². The number of hydrogen-bond donors (Lipinski definition) is 1. The lowest BCUT2D eigenvalue weighted by Crippen LogP contribution is -2.02. The molecule has 0 bridgehead atoms. The summed E-state index contributed by atoms with van der Waals surface area (Å²) in [5.74, 6) is 1.60. The Hall–Kier alpha value is -1.61. The van der Waals surface area contributed by atoms with E-state index < -0.39 is 0 Å². The first-order valence-electron chi connectivity index (χ1n) is 5.34. The van der Waals surface area contributed by atoms with E-state index >= 15 is 0 Å². The molecule has 2 aromatic rings. The monoisotopic (exact) mass is 217 g/mol. The molecule has 0 spiro atoms. The standard InChI is InChI=1S/C13H15NO2/c1-9-5-11(8-14-7-9)13-4-3-12(16-13)6-10(2)15/h3-5,7-8,10,15H,6H2,1-2H3. The molecule has 0 radical (unpaired) electrons. The number of pyridine rings is 1. The highest BCUT2D eigenvalue weighted by Crippen LogP contribution is 2.22. The number of aromatic nitrogens is 1. The zero-order valence-corrected chi connectivity index (χ0v) is 9.47. The molecule has 1 unspecified atom stereocenters. The van der Waals surface area contributed by atoms with Crippen molar-refractivity contribution >= 4 is 0 Å². The zero-order chi connectivity index (χ0) is 11.5. The predicted octanol–water partition coefficient (Wildman–Crippen LogP) is 2.57. The molecule has 84 valence electrons. The normalized spacial score (nSPS) is 12.7. The number of rotatable bonds is 3. The van der Waals surface area contributed by atoms with E-state index in [9.17, 15) is 5.11 Å². The van der Waals surface area contributed by atoms with E-state index in [1.54, 1.807) is 13.1 Å². The largest absolute Gasteiger partial charge is 0.461 e. The van der Waals surface area contributed by atoms with Gasteiger partial charge in [-0.05, 0) is 37.6 Å². The van der Waals surface area contributed by atoms with Gasteiger partial charge in [-0.3, -0.25) is 4.98 Å². The number of furan rings is 1. The summed E-state index contributed by atoms with van der Waals surface area (Å²) in [6.07, 6.45) is 3.75. The first kappa shape index (κ1) is 10.9. The van der Waals surface area contributed by atoms with Gasteiger partial charge in [0.2, 0.25) is 0 Å². The van der Waals surface area contributed by atoms with E-state index in [1.165, 1.54) is 0 Å². The van der Waals surface area contributed by atoms with Crippen LogP contribution in [0.2, 0.25) is 0 Å². The van der Waals surface area contributed by atoms with E-state index in [0.29, 0.717) is 6.42 Å². The van der Waals surface area contributed by atoms with Gasteiger partial charge >= 0.3 is 0 Å². The Morgan fingerprint density at radius 3 is 2.88 bits per heavy atom. The highest BCUT2D eigenvalue weighted by molar-refractivity contribution is 5.56. The zero-order valence-electron chi connectivity index (χ0n) is 9.47. The molecule has 0 aliphatic heterocycles. The summed E-state index contributed by atoms with van der Waals surface area (Å²) in [5.41, 5.74) is 2.07. The molecule has 1 N–H and O–H groups in total. The van der Waals surface area contributed by atoms with Crippen molar-refractivity contribution in [3.05, 3.63) is 41.9 Å². The third-order valence-electron chi connectivity index (χ3n) is 2.32. The fourth-order valence-electron chi connectivity index (χ4n) is 1.62. The molecule has 3 heteroatoms. The molecule has 2 aromatic heterocycles. The Balaban J connectivity index is 2.24. The highest BCUT2D eigenvalue weighted by atomic mass is 16.3. The van der Waals surface area contributed by atoms with Crippen molar-refractivity contribution in [2.45, 2.75) is 26.4 Å². The lowest BCUT2D eigenvalue weighted by atomic mass is 10.2. The Morgan fingerprint density at radius 2 is 2.19 bits per heavy atom. The van der Waals surface area contributed by atoms with Crippen LogP contribution in [0.4, 0.5) is 0 Å². The molecule has 0 aliphatic carbocycles. The molecule has 0 amide bonds. The van der Waals surface area contributed by atoms with E-state index in [-0.39, 0.29) is 6.10 Å². The Kier molecular flexibility index (Phi) is 3.06. The molecule has 2 heterocycles. The lowest BCUT2D eigenvalue weighted by Gasteiger charge is -2.00. The van der Waals surface area contributed by atoms with Crippen molar-refractivity contribution in [2.24, 2.45) is 0 Å². The third-order valence-corrected chi connectivity index (χ3v) is 2.32. The van der Waals surface area contributed by atoms with Crippen molar-refractivity contribution in [2.75, 3.05) is 0 Å². The van der Waals surface area contributed by atoms with Gasteiger partial charge in [0.15, 0.2) is 0 Å². The van der Waals surface area contributed by atoms with E-state index in [0.717, 1.165) is 22.6 Å². The average molecular weight is 217 g/mol. The summed E-state index contributed by atoms with van der Waals surface area (Å²) >= 11 is 0. The number of nitrogens with zero attached hydrogens (tertiary/aromatic N) is 1. The first-order valence-corrected chi connectivity index (χ1v) is 5.34. The van der Waals surface area contributed by atoms with E-state index in [1.807, 2.05) is 31.3 Å². The molecule has 0 saturated carbocycles.